The van der Waals surface area contributed by atoms with Crippen molar-refractivity contribution >= 4 is 11.6 Å². The highest BCUT2D eigenvalue weighted by molar-refractivity contribution is 5.77. The van der Waals surface area contributed by atoms with E-state index >= 15 is 0 Å². The molecule has 28 heavy (non-hydrogen) atoms. The number of aromatic nitrogens is 2. The summed E-state index contributed by atoms with van der Waals surface area (Å²) in [6.45, 7) is 1.34. The van der Waals surface area contributed by atoms with Crippen molar-refractivity contribution in [3.63, 3.8) is 0 Å². The molecule has 0 aromatic carbocycles. The lowest BCUT2D eigenvalue weighted by Gasteiger charge is -2.41. The molecule has 4 rings (SSSR count). The smallest absolute Gasteiger partial charge is 0.370 e. The first-order chi connectivity index (χ1) is 13.2. The Bertz CT molecular complexity index is 966. The Morgan fingerprint density at radius 3 is 2.68 bits per heavy atom. The predicted molar refractivity (Wildman–Crippen MR) is 95.5 cm³/mol. The molecule has 0 unspecified atom stereocenters. The third-order valence-electron chi connectivity index (χ3n) is 5.46. The van der Waals surface area contributed by atoms with E-state index in [1.54, 1.807) is 12.4 Å². The summed E-state index contributed by atoms with van der Waals surface area (Å²) in [6.07, 6.45) is -0.888. The fraction of sp³-hybridized carbons (Fsp3) is 0.421. The lowest BCUT2D eigenvalue weighted by atomic mass is 9.95. The van der Waals surface area contributed by atoms with E-state index in [9.17, 15) is 22.8 Å². The molecule has 0 N–H and O–H groups in total. The van der Waals surface area contributed by atoms with Crippen molar-refractivity contribution in [1.29, 1.82) is 0 Å². The number of nitrogens with zero attached hydrogens (tertiary/aromatic N) is 4. The fourth-order valence-electron chi connectivity index (χ4n) is 3.86. The molecule has 148 valence electrons. The van der Waals surface area contributed by atoms with Gasteiger partial charge in [-0.3, -0.25) is 14.6 Å². The van der Waals surface area contributed by atoms with Gasteiger partial charge in [-0.05, 0) is 12.1 Å². The third-order valence-corrected chi connectivity index (χ3v) is 5.46. The number of carbonyl (C=O) groups is 1. The minimum Gasteiger partial charge on any atom is -0.370 e. The van der Waals surface area contributed by atoms with Gasteiger partial charge in [-0.1, -0.05) is 0 Å². The zero-order valence-electron chi connectivity index (χ0n) is 15.2. The number of hydrogen-bond donors (Lipinski definition) is 0. The van der Waals surface area contributed by atoms with E-state index in [0.29, 0.717) is 19.2 Å². The van der Waals surface area contributed by atoms with Crippen molar-refractivity contribution in [2.24, 2.45) is 13.0 Å². The van der Waals surface area contributed by atoms with Crippen LogP contribution in [0.1, 0.15) is 23.2 Å². The van der Waals surface area contributed by atoms with Crippen LogP contribution in [0.4, 0.5) is 18.9 Å². The second kappa shape index (κ2) is 6.65. The van der Waals surface area contributed by atoms with Gasteiger partial charge in [-0.25, -0.2) is 0 Å². The van der Waals surface area contributed by atoms with Crippen LogP contribution in [-0.4, -0.2) is 33.4 Å². The lowest BCUT2D eigenvalue weighted by molar-refractivity contribution is -0.139. The number of anilines is 1. The minimum absolute atomic E-state index is 0.0218. The normalized spacial score (nSPS) is 16.9. The van der Waals surface area contributed by atoms with Gasteiger partial charge >= 0.3 is 6.18 Å². The van der Waals surface area contributed by atoms with E-state index in [0.717, 1.165) is 5.69 Å². The summed E-state index contributed by atoms with van der Waals surface area (Å²) in [6, 6.07) is 4.41. The van der Waals surface area contributed by atoms with Gasteiger partial charge in [-0.15, -0.1) is 0 Å². The van der Waals surface area contributed by atoms with Crippen molar-refractivity contribution in [3.05, 3.63) is 57.8 Å². The fourth-order valence-corrected chi connectivity index (χ4v) is 3.86. The van der Waals surface area contributed by atoms with Crippen LogP contribution in [0, 0.1) is 5.92 Å². The first-order valence-electron chi connectivity index (χ1n) is 8.95. The molecule has 4 heterocycles. The summed E-state index contributed by atoms with van der Waals surface area (Å²) in [5.74, 6) is -0.0325. The Labute approximate surface area is 159 Å². The van der Waals surface area contributed by atoms with E-state index in [-0.39, 0.29) is 42.6 Å². The van der Waals surface area contributed by atoms with Crippen molar-refractivity contribution in [3.8, 4) is 0 Å². The summed E-state index contributed by atoms with van der Waals surface area (Å²) in [5.41, 5.74) is -0.379. The molecule has 0 spiro atoms. The Kier molecular flexibility index (Phi) is 4.40. The molecule has 2 aromatic rings. The maximum absolute atomic E-state index is 13.3. The number of rotatable bonds is 3. The van der Waals surface area contributed by atoms with E-state index < -0.39 is 17.3 Å². The van der Waals surface area contributed by atoms with Crippen LogP contribution in [0.25, 0.3) is 0 Å². The Morgan fingerprint density at radius 1 is 1.29 bits per heavy atom. The van der Waals surface area contributed by atoms with Gasteiger partial charge in [0, 0.05) is 62.5 Å². The van der Waals surface area contributed by atoms with Gasteiger partial charge in [0.1, 0.15) is 0 Å². The van der Waals surface area contributed by atoms with E-state index in [1.165, 1.54) is 16.5 Å². The van der Waals surface area contributed by atoms with E-state index in [1.807, 2.05) is 12.1 Å². The van der Waals surface area contributed by atoms with Gasteiger partial charge < -0.3 is 14.4 Å². The molecule has 0 saturated carbocycles. The average Bonchev–Trinajstić information content (AvgIpc) is 3.06. The summed E-state index contributed by atoms with van der Waals surface area (Å²) in [5, 5.41) is 0. The quantitative estimate of drug-likeness (QED) is 0.804. The van der Waals surface area contributed by atoms with Gasteiger partial charge in [0.2, 0.25) is 5.91 Å². The number of fused-ring (bicyclic) bond motifs is 1. The van der Waals surface area contributed by atoms with E-state index in [4.69, 9.17) is 0 Å². The summed E-state index contributed by atoms with van der Waals surface area (Å²) < 4.78 is 41.1. The Morgan fingerprint density at radius 2 is 2.04 bits per heavy atom. The molecule has 2 aliphatic rings. The van der Waals surface area contributed by atoms with Gasteiger partial charge in [0.05, 0.1) is 24.0 Å². The average molecular weight is 392 g/mol. The maximum atomic E-state index is 13.3. The van der Waals surface area contributed by atoms with E-state index in [2.05, 4.69) is 9.88 Å². The zero-order valence-corrected chi connectivity index (χ0v) is 15.2. The summed E-state index contributed by atoms with van der Waals surface area (Å²) >= 11 is 0. The molecule has 1 saturated heterocycles. The Hall–Kier alpha value is -2.84. The van der Waals surface area contributed by atoms with Crippen LogP contribution in [0.2, 0.25) is 0 Å². The molecule has 2 aliphatic heterocycles. The van der Waals surface area contributed by atoms with Crippen LogP contribution in [0.15, 0.2) is 35.4 Å². The van der Waals surface area contributed by atoms with Crippen LogP contribution >= 0.6 is 0 Å². The molecule has 1 amide bonds. The number of halogens is 3. The number of amides is 1. The minimum atomic E-state index is -4.62. The number of pyridine rings is 2. The molecule has 9 heteroatoms. The molecule has 0 bridgehead atoms. The zero-order chi connectivity index (χ0) is 20.1. The Balaban J connectivity index is 1.43. The van der Waals surface area contributed by atoms with Crippen LogP contribution in [0.5, 0.6) is 0 Å². The molecular weight excluding hydrogens is 373 g/mol. The highest BCUT2D eigenvalue weighted by atomic mass is 19.4. The highest BCUT2D eigenvalue weighted by Gasteiger charge is 2.40. The number of hydrogen-bond acceptors (Lipinski definition) is 4. The van der Waals surface area contributed by atoms with Gasteiger partial charge in [-0.2, -0.15) is 13.2 Å². The predicted octanol–water partition coefficient (Wildman–Crippen LogP) is 2.17. The van der Waals surface area contributed by atoms with Crippen LogP contribution in [0.3, 0.4) is 0 Å². The van der Waals surface area contributed by atoms with Gasteiger partial charge in [0.25, 0.3) is 5.56 Å². The van der Waals surface area contributed by atoms with Gasteiger partial charge in [0.15, 0.2) is 0 Å². The molecule has 0 aliphatic carbocycles. The standard InChI is InChI=1S/C19H19F3N4O2/c1-24-16-11-26(10-14(16)15(6-17(24)27)19(20,21)22)18(28)5-12-8-25(9-12)13-3-2-4-23-7-13/h2-4,6-7,12H,5,8-11H2,1H3. The van der Waals surface area contributed by atoms with Crippen molar-refractivity contribution in [1.82, 2.24) is 14.5 Å². The molecular formula is C19H19F3N4O2. The molecule has 0 atom stereocenters. The largest absolute Gasteiger partial charge is 0.417 e. The second-order valence-electron chi connectivity index (χ2n) is 7.31. The van der Waals surface area contributed by atoms with Crippen LogP contribution in [-0.2, 0) is 31.1 Å². The van der Waals surface area contributed by atoms with Crippen LogP contribution < -0.4 is 10.5 Å². The first kappa shape index (κ1) is 18.5. The highest BCUT2D eigenvalue weighted by Crippen LogP contribution is 2.36. The van der Waals surface area contributed by atoms with Crippen molar-refractivity contribution in [2.75, 3.05) is 18.0 Å². The van der Waals surface area contributed by atoms with Crippen molar-refractivity contribution in [2.45, 2.75) is 25.7 Å². The lowest BCUT2D eigenvalue weighted by Crippen LogP contribution is -2.48. The maximum Gasteiger partial charge on any atom is 0.417 e. The molecule has 2 aromatic heterocycles. The third kappa shape index (κ3) is 3.25. The second-order valence-corrected chi connectivity index (χ2v) is 7.31. The number of alkyl halides is 3. The topological polar surface area (TPSA) is 58.4 Å². The monoisotopic (exact) mass is 392 g/mol. The van der Waals surface area contributed by atoms with Crippen molar-refractivity contribution < 1.29 is 18.0 Å². The first-order valence-corrected chi connectivity index (χ1v) is 8.95. The molecule has 0 radical (unpaired) electrons. The molecule has 1 fully saturated rings. The molecule has 6 nitrogen and oxygen atoms in total. The summed E-state index contributed by atoms with van der Waals surface area (Å²) in [4.78, 5) is 32.1. The SMILES string of the molecule is Cn1c2c(c(C(F)(F)F)cc1=O)CN(C(=O)CC1CN(c3cccnc3)C1)C2. The number of carbonyl (C=O) groups excluding carboxylic acids is 1. The summed E-state index contributed by atoms with van der Waals surface area (Å²) in [7, 11) is 1.44.